The number of amides is 2. The van der Waals surface area contributed by atoms with Crippen molar-refractivity contribution in [3.63, 3.8) is 0 Å². The lowest BCUT2D eigenvalue weighted by molar-refractivity contribution is -0.123. The second-order valence-corrected chi connectivity index (χ2v) is 10.2. The van der Waals surface area contributed by atoms with Gasteiger partial charge in [-0.05, 0) is 85.9 Å². The second kappa shape index (κ2) is 9.40. The Bertz CT molecular complexity index is 1190. The number of carbonyl (C=O) groups excluding carboxylic acids is 2. The minimum absolute atomic E-state index is 0.0431. The van der Waals surface area contributed by atoms with E-state index in [9.17, 15) is 9.59 Å². The number of benzene rings is 2. The zero-order valence-electron chi connectivity index (χ0n) is 21.0. The summed E-state index contributed by atoms with van der Waals surface area (Å²) in [6, 6.07) is 10.9. The van der Waals surface area contributed by atoms with E-state index in [1.54, 1.807) is 7.11 Å². The maximum Gasteiger partial charge on any atom is 0.254 e. The molecule has 2 amide bonds. The third-order valence-electron chi connectivity index (χ3n) is 8.17. The van der Waals surface area contributed by atoms with Gasteiger partial charge in [-0.25, -0.2) is 0 Å². The molecule has 3 aliphatic rings. The number of aryl methyl sites for hydroxylation is 2. The number of hydrogen-bond acceptors (Lipinski definition) is 4. The zero-order chi connectivity index (χ0) is 24.7. The van der Waals surface area contributed by atoms with Gasteiger partial charge in [0.15, 0.2) is 0 Å². The average Bonchev–Trinajstić information content (AvgIpc) is 3.21. The molecule has 1 fully saturated rings. The highest BCUT2D eigenvalue weighted by Crippen LogP contribution is 2.37. The lowest BCUT2D eigenvalue weighted by atomic mass is 9.85. The maximum atomic E-state index is 13.4. The summed E-state index contributed by atoms with van der Waals surface area (Å²) < 4.78 is 5.50. The van der Waals surface area contributed by atoms with Gasteiger partial charge >= 0.3 is 0 Å². The monoisotopic (exact) mass is 473 g/mol. The first-order chi connectivity index (χ1) is 16.9. The summed E-state index contributed by atoms with van der Waals surface area (Å²) in [7, 11) is 1.71. The number of nitrogens with two attached hydrogens (primary N) is 1. The molecule has 2 N–H and O–H groups in total. The Morgan fingerprint density at radius 1 is 1.06 bits per heavy atom. The summed E-state index contributed by atoms with van der Waals surface area (Å²) in [6.07, 6.45) is 6.48. The number of ether oxygens (including phenoxy) is 1. The number of fused-ring (bicyclic) bond motifs is 1. The number of anilines is 1. The molecule has 184 valence electrons. The Hall–Kier alpha value is -3.28. The highest BCUT2D eigenvalue weighted by molar-refractivity contribution is 6.00. The van der Waals surface area contributed by atoms with E-state index >= 15 is 0 Å². The summed E-state index contributed by atoms with van der Waals surface area (Å²) in [5, 5.41) is 0. The van der Waals surface area contributed by atoms with E-state index < -0.39 is 0 Å². The Labute approximate surface area is 207 Å². The fourth-order valence-corrected chi connectivity index (χ4v) is 5.94. The van der Waals surface area contributed by atoms with Crippen LogP contribution in [0.3, 0.4) is 0 Å². The Morgan fingerprint density at radius 3 is 2.49 bits per heavy atom. The third kappa shape index (κ3) is 4.42. The standard InChI is InChI=1S/C29H35N3O3/c1-18-4-7-24(16-27(18)35-3)31-12-10-20(11-13-31)22-14-19(2)26-17-32(29(34)25(26)15-22)23-8-5-21(6-9-23)28(30)33/h4,7,10,14-16,21,23H,5-6,8-9,11-13,17H2,1-3H3,(H2,30,33). The van der Waals surface area contributed by atoms with Gasteiger partial charge in [0.25, 0.3) is 5.91 Å². The van der Waals surface area contributed by atoms with Crippen LogP contribution in [0.4, 0.5) is 5.69 Å². The molecular weight excluding hydrogens is 438 g/mol. The molecular formula is C29H35N3O3. The van der Waals surface area contributed by atoms with Crippen molar-refractivity contribution in [2.75, 3.05) is 25.1 Å². The molecule has 0 spiro atoms. The molecule has 2 aliphatic heterocycles. The highest BCUT2D eigenvalue weighted by atomic mass is 16.5. The van der Waals surface area contributed by atoms with Crippen LogP contribution in [0.5, 0.6) is 5.75 Å². The van der Waals surface area contributed by atoms with Gasteiger partial charge in [0, 0.05) is 48.9 Å². The zero-order valence-corrected chi connectivity index (χ0v) is 21.0. The summed E-state index contributed by atoms with van der Waals surface area (Å²) in [6.45, 7) is 6.62. The van der Waals surface area contributed by atoms with Crippen molar-refractivity contribution >= 4 is 23.1 Å². The van der Waals surface area contributed by atoms with E-state index in [0.717, 1.165) is 73.2 Å². The van der Waals surface area contributed by atoms with Gasteiger partial charge in [0.1, 0.15) is 5.75 Å². The highest BCUT2D eigenvalue weighted by Gasteiger charge is 2.36. The van der Waals surface area contributed by atoms with Gasteiger partial charge in [0.05, 0.1) is 7.11 Å². The molecule has 0 aromatic heterocycles. The van der Waals surface area contributed by atoms with E-state index in [2.05, 4.69) is 55.2 Å². The lowest BCUT2D eigenvalue weighted by Crippen LogP contribution is -2.40. The molecule has 0 unspecified atom stereocenters. The number of hydrogen-bond donors (Lipinski definition) is 1. The Kier molecular flexibility index (Phi) is 6.30. The minimum atomic E-state index is -0.208. The quantitative estimate of drug-likeness (QED) is 0.688. The van der Waals surface area contributed by atoms with Gasteiger partial charge in [-0.15, -0.1) is 0 Å². The topological polar surface area (TPSA) is 75.9 Å². The number of carbonyl (C=O) groups is 2. The van der Waals surface area contributed by atoms with Gasteiger partial charge in [-0.3, -0.25) is 9.59 Å². The van der Waals surface area contributed by atoms with Crippen molar-refractivity contribution in [1.82, 2.24) is 4.90 Å². The first-order valence-electron chi connectivity index (χ1n) is 12.7. The van der Waals surface area contributed by atoms with Crippen LogP contribution >= 0.6 is 0 Å². The van der Waals surface area contributed by atoms with Crippen LogP contribution in [-0.2, 0) is 11.3 Å². The molecule has 6 heteroatoms. The number of methoxy groups -OCH3 is 1. The lowest BCUT2D eigenvalue weighted by Gasteiger charge is -2.33. The molecule has 1 saturated carbocycles. The van der Waals surface area contributed by atoms with Crippen molar-refractivity contribution in [3.8, 4) is 5.75 Å². The van der Waals surface area contributed by atoms with Crippen LogP contribution in [0.1, 0.15) is 64.7 Å². The Morgan fingerprint density at radius 2 is 1.83 bits per heavy atom. The molecule has 6 nitrogen and oxygen atoms in total. The van der Waals surface area contributed by atoms with Crippen LogP contribution in [0, 0.1) is 19.8 Å². The number of nitrogens with zero attached hydrogens (tertiary/aromatic N) is 2. The molecule has 0 atom stereocenters. The number of primary amides is 1. The van der Waals surface area contributed by atoms with Gasteiger partial charge < -0.3 is 20.3 Å². The molecule has 0 saturated heterocycles. The van der Waals surface area contributed by atoms with E-state index in [0.29, 0.717) is 6.54 Å². The number of rotatable bonds is 5. The molecule has 5 rings (SSSR count). The summed E-state index contributed by atoms with van der Waals surface area (Å²) in [4.78, 5) is 29.3. The van der Waals surface area contributed by atoms with Gasteiger partial charge in [-0.1, -0.05) is 18.2 Å². The largest absolute Gasteiger partial charge is 0.496 e. The Balaban J connectivity index is 1.31. The van der Waals surface area contributed by atoms with Crippen molar-refractivity contribution in [1.29, 1.82) is 0 Å². The second-order valence-electron chi connectivity index (χ2n) is 10.2. The maximum absolute atomic E-state index is 13.4. The van der Waals surface area contributed by atoms with Crippen molar-refractivity contribution in [2.45, 2.75) is 58.5 Å². The fraction of sp³-hybridized carbons (Fsp3) is 0.448. The van der Waals surface area contributed by atoms with Crippen LogP contribution in [0.25, 0.3) is 5.57 Å². The molecule has 2 aromatic rings. The smallest absolute Gasteiger partial charge is 0.254 e. The normalized spacial score (nSPS) is 22.1. The minimum Gasteiger partial charge on any atom is -0.496 e. The fourth-order valence-electron chi connectivity index (χ4n) is 5.94. The van der Waals surface area contributed by atoms with Crippen LogP contribution < -0.4 is 15.4 Å². The summed E-state index contributed by atoms with van der Waals surface area (Å²) in [5.41, 5.74) is 13.5. The van der Waals surface area contributed by atoms with Crippen LogP contribution in [0.2, 0.25) is 0 Å². The molecule has 1 aliphatic carbocycles. The molecule has 2 heterocycles. The predicted octanol–water partition coefficient (Wildman–Crippen LogP) is 4.61. The van der Waals surface area contributed by atoms with Crippen molar-refractivity contribution in [3.05, 3.63) is 64.2 Å². The summed E-state index contributed by atoms with van der Waals surface area (Å²) in [5.74, 6) is 0.800. The van der Waals surface area contributed by atoms with Crippen LogP contribution in [-0.4, -0.2) is 43.0 Å². The molecule has 0 bridgehead atoms. The van der Waals surface area contributed by atoms with E-state index in [-0.39, 0.29) is 23.8 Å². The molecule has 0 radical (unpaired) electrons. The first-order valence-corrected chi connectivity index (χ1v) is 12.7. The van der Waals surface area contributed by atoms with E-state index in [1.165, 1.54) is 16.8 Å². The van der Waals surface area contributed by atoms with Gasteiger partial charge in [0.2, 0.25) is 5.91 Å². The molecule has 35 heavy (non-hydrogen) atoms. The van der Waals surface area contributed by atoms with E-state index in [4.69, 9.17) is 10.5 Å². The van der Waals surface area contributed by atoms with Crippen LogP contribution in [0.15, 0.2) is 36.4 Å². The van der Waals surface area contributed by atoms with E-state index in [1.807, 2.05) is 4.90 Å². The van der Waals surface area contributed by atoms with Gasteiger partial charge in [-0.2, -0.15) is 0 Å². The third-order valence-corrected chi connectivity index (χ3v) is 8.17. The predicted molar refractivity (Wildman–Crippen MR) is 139 cm³/mol. The van der Waals surface area contributed by atoms with Crippen molar-refractivity contribution < 1.29 is 14.3 Å². The van der Waals surface area contributed by atoms with Crippen molar-refractivity contribution in [2.24, 2.45) is 11.7 Å². The first kappa shape index (κ1) is 23.5. The summed E-state index contributed by atoms with van der Waals surface area (Å²) >= 11 is 0. The average molecular weight is 474 g/mol. The SMILES string of the molecule is COc1cc(N2CC=C(c3cc(C)c4c(c3)C(=O)N(C3CCC(C(N)=O)CC3)C4)CC2)ccc1C. The molecule has 2 aromatic carbocycles.